The van der Waals surface area contributed by atoms with Gasteiger partial charge in [-0.2, -0.15) is 0 Å². The van der Waals surface area contributed by atoms with Crippen LogP contribution in [0.1, 0.15) is 26.3 Å². The number of nitrogens with zero attached hydrogens (tertiary/aromatic N) is 1. The second-order valence-electron chi connectivity index (χ2n) is 6.05. The average molecular weight is 356 g/mol. The fourth-order valence-electron chi connectivity index (χ4n) is 1.69. The summed E-state index contributed by atoms with van der Waals surface area (Å²) in [6.07, 6.45) is 0. The van der Waals surface area contributed by atoms with E-state index in [0.29, 0.717) is 5.69 Å². The van der Waals surface area contributed by atoms with Crippen molar-refractivity contribution in [1.29, 1.82) is 0 Å². The normalized spacial score (nSPS) is 11.0. The van der Waals surface area contributed by atoms with E-state index in [4.69, 9.17) is 0 Å². The lowest BCUT2D eigenvalue weighted by molar-refractivity contribution is -0.122. The van der Waals surface area contributed by atoms with Crippen LogP contribution < -0.4 is 10.6 Å². The van der Waals surface area contributed by atoms with Crippen LogP contribution in [0.5, 0.6) is 0 Å². The van der Waals surface area contributed by atoms with E-state index in [1.54, 1.807) is 13.1 Å². The molecule has 0 unspecified atom stereocenters. The molecule has 21 heavy (non-hydrogen) atoms. The maximum absolute atomic E-state index is 12.0. The second kappa shape index (κ2) is 6.93. The molecule has 3 amide bonds. The molecule has 0 aliphatic heterocycles. The largest absolute Gasteiger partial charge is 0.350 e. The number of hydrogen-bond donors (Lipinski definition) is 2. The maximum atomic E-state index is 12.0. The molecule has 0 saturated heterocycles. The summed E-state index contributed by atoms with van der Waals surface area (Å²) in [4.78, 5) is 25.2. The van der Waals surface area contributed by atoms with E-state index >= 15 is 0 Å². The molecule has 0 aliphatic carbocycles. The minimum atomic E-state index is -0.319. The van der Waals surface area contributed by atoms with Crippen molar-refractivity contribution >= 4 is 33.6 Å². The van der Waals surface area contributed by atoms with E-state index in [1.165, 1.54) is 4.90 Å². The first-order valence-electron chi connectivity index (χ1n) is 6.68. The number of likely N-dealkylation sites (N-methyl/N-ethyl adjacent to an activating group) is 1. The zero-order valence-corrected chi connectivity index (χ0v) is 14.7. The predicted octanol–water partition coefficient (Wildman–Crippen LogP) is 3.14. The molecule has 0 spiro atoms. The van der Waals surface area contributed by atoms with Crippen molar-refractivity contribution in [3.63, 3.8) is 0 Å². The molecule has 0 bridgehead atoms. The smallest absolute Gasteiger partial charge is 0.322 e. The van der Waals surface area contributed by atoms with Crippen LogP contribution in [0, 0.1) is 6.92 Å². The molecular formula is C15H22BrN3O2. The van der Waals surface area contributed by atoms with E-state index in [1.807, 2.05) is 39.8 Å². The molecule has 1 aromatic rings. The number of rotatable bonds is 3. The van der Waals surface area contributed by atoms with Crippen molar-refractivity contribution in [1.82, 2.24) is 10.2 Å². The summed E-state index contributed by atoms with van der Waals surface area (Å²) in [5, 5.41) is 5.58. The number of carbonyl (C=O) groups excluding carboxylic acids is 2. The molecule has 0 heterocycles. The number of urea groups is 1. The number of hydrogen-bond acceptors (Lipinski definition) is 2. The van der Waals surface area contributed by atoms with Gasteiger partial charge < -0.3 is 15.5 Å². The third-order valence-electron chi connectivity index (χ3n) is 2.65. The predicted molar refractivity (Wildman–Crippen MR) is 88.4 cm³/mol. The first-order chi connectivity index (χ1) is 9.58. The van der Waals surface area contributed by atoms with Crippen LogP contribution in [0.25, 0.3) is 0 Å². The van der Waals surface area contributed by atoms with Gasteiger partial charge in [-0.25, -0.2) is 4.79 Å². The Kier molecular flexibility index (Phi) is 5.78. The van der Waals surface area contributed by atoms with Crippen LogP contribution in [0.3, 0.4) is 0 Å². The van der Waals surface area contributed by atoms with Crippen molar-refractivity contribution in [2.24, 2.45) is 0 Å². The Morgan fingerprint density at radius 2 is 1.90 bits per heavy atom. The molecule has 5 nitrogen and oxygen atoms in total. The van der Waals surface area contributed by atoms with Crippen LogP contribution in [0.4, 0.5) is 10.5 Å². The summed E-state index contributed by atoms with van der Waals surface area (Å²) >= 11 is 3.41. The molecule has 0 radical (unpaired) electrons. The Morgan fingerprint density at radius 1 is 1.29 bits per heavy atom. The van der Waals surface area contributed by atoms with Gasteiger partial charge in [-0.05, 0) is 51.5 Å². The van der Waals surface area contributed by atoms with Gasteiger partial charge in [0, 0.05) is 22.7 Å². The minimum Gasteiger partial charge on any atom is -0.350 e. The summed E-state index contributed by atoms with van der Waals surface area (Å²) in [6, 6.07) is 5.22. The number of aryl methyl sites for hydroxylation is 1. The van der Waals surface area contributed by atoms with Crippen LogP contribution in [0.2, 0.25) is 0 Å². The van der Waals surface area contributed by atoms with Crippen LogP contribution in [0.15, 0.2) is 22.7 Å². The van der Waals surface area contributed by atoms with Gasteiger partial charge in [0.1, 0.15) is 6.54 Å². The Morgan fingerprint density at radius 3 is 2.43 bits per heavy atom. The van der Waals surface area contributed by atoms with E-state index in [2.05, 4.69) is 26.6 Å². The molecule has 116 valence electrons. The first kappa shape index (κ1) is 17.5. The number of anilines is 1. The molecule has 0 fully saturated rings. The number of nitrogens with one attached hydrogen (secondary N) is 2. The molecule has 2 N–H and O–H groups in total. The lowest BCUT2D eigenvalue weighted by atomic mass is 10.1. The van der Waals surface area contributed by atoms with Gasteiger partial charge in [-0.15, -0.1) is 0 Å². The highest BCUT2D eigenvalue weighted by Crippen LogP contribution is 2.20. The number of benzene rings is 1. The van der Waals surface area contributed by atoms with Gasteiger partial charge >= 0.3 is 6.03 Å². The Labute approximate surface area is 134 Å². The zero-order valence-electron chi connectivity index (χ0n) is 13.1. The second-order valence-corrected chi connectivity index (χ2v) is 6.90. The Bertz CT molecular complexity index is 538. The molecule has 0 saturated carbocycles. The van der Waals surface area contributed by atoms with E-state index in [0.717, 1.165) is 10.0 Å². The molecular weight excluding hydrogens is 334 g/mol. The molecule has 0 aliphatic rings. The number of carbonyl (C=O) groups is 2. The van der Waals surface area contributed by atoms with E-state index in [-0.39, 0.29) is 24.0 Å². The van der Waals surface area contributed by atoms with Crippen molar-refractivity contribution < 1.29 is 9.59 Å². The summed E-state index contributed by atoms with van der Waals surface area (Å²) in [6.45, 7) is 7.65. The Hall–Kier alpha value is -1.56. The standard InChI is InChI=1S/C15H22BrN3O2/c1-10-8-11(6-7-12(10)16)17-14(21)19(5)9-13(20)18-15(2,3)4/h6-8H,9H2,1-5H3,(H,17,21)(H,18,20). The highest BCUT2D eigenvalue weighted by Gasteiger charge is 2.17. The Balaban J connectivity index is 2.58. The van der Waals surface area contributed by atoms with Crippen molar-refractivity contribution in [3.05, 3.63) is 28.2 Å². The highest BCUT2D eigenvalue weighted by molar-refractivity contribution is 9.10. The number of amides is 3. The van der Waals surface area contributed by atoms with Crippen molar-refractivity contribution in [2.75, 3.05) is 18.9 Å². The summed E-state index contributed by atoms with van der Waals surface area (Å²) in [7, 11) is 1.59. The maximum Gasteiger partial charge on any atom is 0.322 e. The lowest BCUT2D eigenvalue weighted by Gasteiger charge is -2.23. The van der Waals surface area contributed by atoms with Crippen LogP contribution >= 0.6 is 15.9 Å². The van der Waals surface area contributed by atoms with Crippen molar-refractivity contribution in [3.8, 4) is 0 Å². The SMILES string of the molecule is Cc1cc(NC(=O)N(C)CC(=O)NC(C)(C)C)ccc1Br. The molecule has 0 atom stereocenters. The van der Waals surface area contributed by atoms with E-state index in [9.17, 15) is 9.59 Å². The topological polar surface area (TPSA) is 61.4 Å². The monoisotopic (exact) mass is 355 g/mol. The summed E-state index contributed by atoms with van der Waals surface area (Å²) < 4.78 is 0.985. The lowest BCUT2D eigenvalue weighted by Crippen LogP contribution is -2.47. The number of halogens is 1. The molecule has 1 rings (SSSR count). The summed E-state index contributed by atoms with van der Waals surface area (Å²) in [5.41, 5.74) is 1.42. The highest BCUT2D eigenvalue weighted by atomic mass is 79.9. The average Bonchev–Trinajstić information content (AvgIpc) is 2.31. The van der Waals surface area contributed by atoms with E-state index < -0.39 is 0 Å². The third-order valence-corrected chi connectivity index (χ3v) is 3.54. The van der Waals surface area contributed by atoms with Gasteiger partial charge in [0.2, 0.25) is 5.91 Å². The third kappa shape index (κ3) is 6.16. The fraction of sp³-hybridized carbons (Fsp3) is 0.467. The molecule has 1 aromatic carbocycles. The van der Waals surface area contributed by atoms with Gasteiger partial charge in [0.05, 0.1) is 0 Å². The summed E-state index contributed by atoms with van der Waals surface area (Å²) in [5.74, 6) is -0.188. The van der Waals surface area contributed by atoms with Gasteiger partial charge in [0.25, 0.3) is 0 Å². The zero-order chi connectivity index (χ0) is 16.2. The molecule has 0 aromatic heterocycles. The fourth-order valence-corrected chi connectivity index (χ4v) is 1.93. The molecule has 6 heteroatoms. The van der Waals surface area contributed by atoms with Gasteiger partial charge in [-0.1, -0.05) is 15.9 Å². The van der Waals surface area contributed by atoms with Crippen LogP contribution in [-0.4, -0.2) is 36.0 Å². The van der Waals surface area contributed by atoms with Crippen LogP contribution in [-0.2, 0) is 4.79 Å². The minimum absolute atomic E-state index is 0.0125. The van der Waals surface area contributed by atoms with Crippen molar-refractivity contribution in [2.45, 2.75) is 33.2 Å². The van der Waals surface area contributed by atoms with Gasteiger partial charge in [0.15, 0.2) is 0 Å². The first-order valence-corrected chi connectivity index (χ1v) is 7.47. The quantitative estimate of drug-likeness (QED) is 0.874. The van der Waals surface area contributed by atoms with Gasteiger partial charge in [-0.3, -0.25) is 4.79 Å².